The Morgan fingerprint density at radius 2 is 1.80 bits per heavy atom. The first-order chi connectivity index (χ1) is 13.9. The molecular weight excluding hydrogens is 402 g/mol. The minimum Gasteiger partial charge on any atom is -0.497 e. The molecule has 1 fully saturated rings. The van der Waals surface area contributed by atoms with E-state index in [0.29, 0.717) is 23.5 Å². The van der Waals surface area contributed by atoms with Crippen molar-refractivity contribution in [3.05, 3.63) is 53.6 Å². The molecule has 0 aliphatic carbocycles. The standard InChI is InChI=1S/C23H27NO5S/c1-22(2,3)14-6-9-16(10-7-14)30(26,27)20-18-13-23(4,24-21(20)25)29-19-11-8-15(28-5)12-17(18)19/h6-12,18,20H,13H2,1-5H3,(H,24,25)/t18-,20+,23-/m1/s1. The van der Waals surface area contributed by atoms with Crippen molar-refractivity contribution in [2.24, 2.45) is 0 Å². The van der Waals surface area contributed by atoms with Gasteiger partial charge in [0.1, 0.15) is 11.5 Å². The highest BCUT2D eigenvalue weighted by atomic mass is 32.2. The Kier molecular flexibility index (Phi) is 4.65. The number of ether oxygens (including phenoxy) is 2. The predicted molar refractivity (Wildman–Crippen MR) is 114 cm³/mol. The largest absolute Gasteiger partial charge is 0.497 e. The van der Waals surface area contributed by atoms with Crippen LogP contribution >= 0.6 is 0 Å². The molecule has 0 saturated carbocycles. The molecule has 0 unspecified atom stereocenters. The summed E-state index contributed by atoms with van der Waals surface area (Å²) in [7, 11) is -2.37. The van der Waals surface area contributed by atoms with Gasteiger partial charge in [0.25, 0.3) is 0 Å². The van der Waals surface area contributed by atoms with Gasteiger partial charge in [0, 0.05) is 17.9 Å². The fraction of sp³-hybridized carbons (Fsp3) is 0.435. The molecule has 30 heavy (non-hydrogen) atoms. The maximum Gasteiger partial charge on any atom is 0.242 e. The van der Waals surface area contributed by atoms with Crippen molar-refractivity contribution in [1.82, 2.24) is 5.32 Å². The van der Waals surface area contributed by atoms with E-state index in [1.54, 1.807) is 44.4 Å². The third-order valence-corrected chi connectivity index (χ3v) is 8.10. The molecule has 2 aromatic rings. The van der Waals surface area contributed by atoms with Crippen LogP contribution in [0.15, 0.2) is 47.4 Å². The zero-order valence-corrected chi connectivity index (χ0v) is 18.7. The number of hydrogen-bond donors (Lipinski definition) is 1. The fourth-order valence-electron chi connectivity index (χ4n) is 4.36. The van der Waals surface area contributed by atoms with E-state index in [4.69, 9.17) is 9.47 Å². The summed E-state index contributed by atoms with van der Waals surface area (Å²) in [5.74, 6) is 0.0902. The van der Waals surface area contributed by atoms with Gasteiger partial charge < -0.3 is 14.8 Å². The lowest BCUT2D eigenvalue weighted by molar-refractivity contribution is -0.132. The van der Waals surface area contributed by atoms with Crippen LogP contribution in [0.1, 0.15) is 51.2 Å². The molecule has 7 heteroatoms. The second-order valence-electron chi connectivity index (χ2n) is 9.28. The molecule has 3 atom stereocenters. The minimum atomic E-state index is -3.92. The molecule has 6 nitrogen and oxygen atoms in total. The number of methoxy groups -OCH3 is 1. The first kappa shape index (κ1) is 20.7. The number of hydrogen-bond acceptors (Lipinski definition) is 5. The lowest BCUT2D eigenvalue weighted by atomic mass is 9.81. The van der Waals surface area contributed by atoms with Gasteiger partial charge in [-0.15, -0.1) is 0 Å². The van der Waals surface area contributed by atoms with Crippen molar-refractivity contribution in [2.75, 3.05) is 7.11 Å². The highest BCUT2D eigenvalue weighted by molar-refractivity contribution is 7.92. The number of nitrogens with one attached hydrogen (secondary N) is 1. The van der Waals surface area contributed by atoms with E-state index >= 15 is 0 Å². The number of piperidine rings is 1. The van der Waals surface area contributed by atoms with Gasteiger partial charge in [0.05, 0.1) is 12.0 Å². The monoisotopic (exact) mass is 429 g/mol. The summed E-state index contributed by atoms with van der Waals surface area (Å²) in [6.07, 6.45) is 0.364. The molecule has 1 amide bonds. The second-order valence-corrected chi connectivity index (χ2v) is 11.3. The van der Waals surface area contributed by atoms with Gasteiger partial charge in [0.15, 0.2) is 20.8 Å². The van der Waals surface area contributed by atoms with Crippen molar-refractivity contribution in [1.29, 1.82) is 0 Å². The van der Waals surface area contributed by atoms with Gasteiger partial charge in [-0.05, 0) is 48.2 Å². The first-order valence-corrected chi connectivity index (χ1v) is 11.5. The van der Waals surface area contributed by atoms with Crippen LogP contribution in [0.5, 0.6) is 11.5 Å². The Morgan fingerprint density at radius 1 is 1.13 bits per heavy atom. The molecule has 1 N–H and O–H groups in total. The average Bonchev–Trinajstić information content (AvgIpc) is 2.66. The van der Waals surface area contributed by atoms with Gasteiger partial charge in [-0.3, -0.25) is 4.79 Å². The summed E-state index contributed by atoms with van der Waals surface area (Å²) in [5, 5.41) is 1.55. The van der Waals surface area contributed by atoms with E-state index in [9.17, 15) is 13.2 Å². The first-order valence-electron chi connectivity index (χ1n) is 9.98. The third kappa shape index (κ3) is 3.35. The Hall–Kier alpha value is -2.54. The third-order valence-electron chi connectivity index (χ3n) is 5.96. The SMILES string of the molecule is COc1ccc2c(c1)[C@H]1C[C@](C)(NC(=O)[C@H]1S(=O)(=O)c1ccc(C(C)(C)C)cc1)O2. The lowest BCUT2D eigenvalue weighted by Gasteiger charge is -2.46. The van der Waals surface area contributed by atoms with Crippen LogP contribution in [-0.4, -0.2) is 32.4 Å². The van der Waals surface area contributed by atoms with Gasteiger partial charge >= 0.3 is 0 Å². The normalized spacial score (nSPS) is 25.7. The number of carbonyl (C=O) groups is 1. The van der Waals surface area contributed by atoms with Crippen molar-refractivity contribution in [3.8, 4) is 11.5 Å². The molecule has 2 aliphatic rings. The number of sulfone groups is 1. The van der Waals surface area contributed by atoms with E-state index in [0.717, 1.165) is 5.56 Å². The summed E-state index contributed by atoms with van der Waals surface area (Å²) >= 11 is 0. The van der Waals surface area contributed by atoms with Crippen molar-refractivity contribution in [2.45, 2.75) is 61.3 Å². The van der Waals surface area contributed by atoms with Crippen molar-refractivity contribution in [3.63, 3.8) is 0 Å². The predicted octanol–water partition coefficient (Wildman–Crippen LogP) is 3.55. The van der Waals surface area contributed by atoms with Crippen LogP contribution in [0.3, 0.4) is 0 Å². The smallest absolute Gasteiger partial charge is 0.242 e. The Morgan fingerprint density at radius 3 is 2.40 bits per heavy atom. The highest BCUT2D eigenvalue weighted by Crippen LogP contribution is 2.48. The van der Waals surface area contributed by atoms with Crippen LogP contribution in [0, 0.1) is 0 Å². The summed E-state index contributed by atoms with van der Waals surface area (Å²) in [6, 6.07) is 12.1. The summed E-state index contributed by atoms with van der Waals surface area (Å²) in [6.45, 7) is 7.97. The summed E-state index contributed by atoms with van der Waals surface area (Å²) < 4.78 is 38.5. The molecule has 0 spiro atoms. The maximum atomic E-state index is 13.6. The highest BCUT2D eigenvalue weighted by Gasteiger charge is 2.54. The van der Waals surface area contributed by atoms with Crippen LogP contribution in [0.2, 0.25) is 0 Å². The van der Waals surface area contributed by atoms with Gasteiger partial charge in [0.2, 0.25) is 5.91 Å². The quantitative estimate of drug-likeness (QED) is 0.807. The molecule has 4 rings (SSSR count). The second kappa shape index (κ2) is 6.74. The van der Waals surface area contributed by atoms with E-state index in [1.807, 2.05) is 12.1 Å². The lowest BCUT2D eigenvalue weighted by Crippen LogP contribution is -2.63. The minimum absolute atomic E-state index is 0.0947. The number of fused-ring (bicyclic) bond motifs is 4. The van der Waals surface area contributed by atoms with Crippen LogP contribution in [0.4, 0.5) is 0 Å². The molecule has 2 aromatic carbocycles. The average molecular weight is 430 g/mol. The van der Waals surface area contributed by atoms with Crippen LogP contribution in [-0.2, 0) is 20.0 Å². The van der Waals surface area contributed by atoms with Crippen molar-refractivity contribution >= 4 is 15.7 Å². The Balaban J connectivity index is 1.80. The van der Waals surface area contributed by atoms with Gasteiger partial charge in [-0.25, -0.2) is 8.42 Å². The van der Waals surface area contributed by atoms with Crippen LogP contribution < -0.4 is 14.8 Å². The van der Waals surface area contributed by atoms with E-state index in [1.165, 1.54) is 0 Å². The van der Waals surface area contributed by atoms with E-state index < -0.39 is 32.6 Å². The van der Waals surface area contributed by atoms with Crippen molar-refractivity contribution < 1.29 is 22.7 Å². The zero-order chi connectivity index (χ0) is 21.9. The van der Waals surface area contributed by atoms with E-state index in [2.05, 4.69) is 26.1 Å². The summed E-state index contributed by atoms with van der Waals surface area (Å²) in [5.41, 5.74) is 0.679. The molecule has 0 aromatic heterocycles. The molecular formula is C23H27NO5S. The zero-order valence-electron chi connectivity index (χ0n) is 17.9. The molecule has 1 saturated heterocycles. The van der Waals surface area contributed by atoms with E-state index in [-0.39, 0.29) is 10.3 Å². The summed E-state index contributed by atoms with van der Waals surface area (Å²) in [4.78, 5) is 13.2. The van der Waals surface area contributed by atoms with Crippen LogP contribution in [0.25, 0.3) is 0 Å². The molecule has 2 bridgehead atoms. The fourth-order valence-corrected chi connectivity index (χ4v) is 6.18. The van der Waals surface area contributed by atoms with Gasteiger partial charge in [-0.2, -0.15) is 0 Å². The number of benzene rings is 2. The topological polar surface area (TPSA) is 81.7 Å². The van der Waals surface area contributed by atoms with Gasteiger partial charge in [-0.1, -0.05) is 32.9 Å². The Labute approximate surface area is 177 Å². The Bertz CT molecular complexity index is 1100. The molecule has 2 heterocycles. The number of rotatable bonds is 3. The molecule has 160 valence electrons. The maximum absolute atomic E-state index is 13.6. The molecule has 2 aliphatic heterocycles. The molecule has 0 radical (unpaired) electrons. The number of carbonyl (C=O) groups excluding carboxylic acids is 1. The number of amides is 1.